The van der Waals surface area contributed by atoms with Crippen LogP contribution in [0.5, 0.6) is 0 Å². The molecule has 10 heteroatoms. The van der Waals surface area contributed by atoms with Gasteiger partial charge in [-0.1, -0.05) is 0 Å². The fourth-order valence-corrected chi connectivity index (χ4v) is 6.34. The SMILES string of the molecule is C[C@H]1COCCN1c1cc(C2(S(=O)(=O)c3cc(F)cc(F)c3)CC2)nc(-c2ccc(N)cc2)n1. The molecule has 1 atom stereocenters. The molecule has 178 valence electrons. The van der Waals surface area contributed by atoms with Crippen LogP contribution >= 0.6 is 0 Å². The number of rotatable bonds is 5. The molecule has 1 aliphatic carbocycles. The number of aromatic nitrogens is 2. The van der Waals surface area contributed by atoms with E-state index >= 15 is 0 Å². The average Bonchev–Trinajstić information content (AvgIpc) is 3.62. The number of morpholine rings is 1. The van der Waals surface area contributed by atoms with Crippen molar-refractivity contribution in [1.29, 1.82) is 0 Å². The standard InChI is InChI=1S/C24H24F2N4O3S/c1-15-14-33-9-8-30(15)22-13-21(28-23(29-22)16-2-4-19(27)5-3-16)24(6-7-24)34(31,32)20-11-17(25)10-18(26)12-20/h2-5,10-13,15H,6-9,14,27H2,1H3/t15-/m0/s1. The van der Waals surface area contributed by atoms with E-state index in [0.717, 1.165) is 12.1 Å². The molecule has 0 amide bonds. The fraction of sp³-hybridized carbons (Fsp3) is 0.333. The van der Waals surface area contributed by atoms with Gasteiger partial charge >= 0.3 is 0 Å². The number of hydrogen-bond acceptors (Lipinski definition) is 7. The normalized spacial score (nSPS) is 19.7. The summed E-state index contributed by atoms with van der Waals surface area (Å²) in [4.78, 5) is 11.0. The van der Waals surface area contributed by atoms with Crippen molar-refractivity contribution >= 4 is 21.3 Å². The van der Waals surface area contributed by atoms with Crippen molar-refractivity contribution in [3.8, 4) is 11.4 Å². The van der Waals surface area contributed by atoms with Gasteiger partial charge in [-0.05, 0) is 56.2 Å². The van der Waals surface area contributed by atoms with Crippen LogP contribution in [0.4, 0.5) is 20.3 Å². The van der Waals surface area contributed by atoms with Crippen LogP contribution in [0.1, 0.15) is 25.5 Å². The maximum atomic E-state index is 13.9. The molecule has 2 aliphatic rings. The van der Waals surface area contributed by atoms with Crippen molar-refractivity contribution in [3.05, 3.63) is 65.9 Å². The molecule has 0 unspecified atom stereocenters. The third-order valence-corrected chi connectivity index (χ3v) is 8.88. The average molecular weight is 487 g/mol. The molecule has 34 heavy (non-hydrogen) atoms. The van der Waals surface area contributed by atoms with Crippen molar-refractivity contribution < 1.29 is 21.9 Å². The molecule has 1 aromatic heterocycles. The van der Waals surface area contributed by atoms with Crippen molar-refractivity contribution in [1.82, 2.24) is 9.97 Å². The lowest BCUT2D eigenvalue weighted by atomic mass is 10.1. The van der Waals surface area contributed by atoms with Gasteiger partial charge in [0.2, 0.25) is 0 Å². The van der Waals surface area contributed by atoms with Crippen LogP contribution in [-0.4, -0.2) is 44.2 Å². The van der Waals surface area contributed by atoms with Crippen LogP contribution in [0.2, 0.25) is 0 Å². The van der Waals surface area contributed by atoms with Gasteiger partial charge in [0.1, 0.15) is 22.2 Å². The molecule has 2 N–H and O–H groups in total. The van der Waals surface area contributed by atoms with Gasteiger partial charge in [0, 0.05) is 29.9 Å². The number of hydrogen-bond donors (Lipinski definition) is 1. The molecule has 0 spiro atoms. The monoisotopic (exact) mass is 486 g/mol. The maximum absolute atomic E-state index is 13.9. The molecule has 2 heterocycles. The van der Waals surface area contributed by atoms with E-state index in [1.807, 2.05) is 6.92 Å². The number of sulfone groups is 1. The molecule has 5 rings (SSSR count). The van der Waals surface area contributed by atoms with Crippen LogP contribution in [-0.2, 0) is 19.3 Å². The van der Waals surface area contributed by atoms with Gasteiger partial charge in [0.05, 0.1) is 29.8 Å². The van der Waals surface area contributed by atoms with Crippen LogP contribution in [0.15, 0.2) is 53.4 Å². The number of nitrogen functional groups attached to an aromatic ring is 1. The first-order chi connectivity index (χ1) is 16.2. The summed E-state index contributed by atoms with van der Waals surface area (Å²) in [5.74, 6) is -0.942. The summed E-state index contributed by atoms with van der Waals surface area (Å²) in [6, 6.07) is 11.1. The third kappa shape index (κ3) is 3.90. The van der Waals surface area contributed by atoms with Crippen molar-refractivity contribution in [2.45, 2.75) is 35.4 Å². The Morgan fingerprint density at radius 2 is 1.74 bits per heavy atom. The second-order valence-electron chi connectivity index (χ2n) is 8.78. The summed E-state index contributed by atoms with van der Waals surface area (Å²) in [5.41, 5.74) is 7.40. The number of anilines is 2. The fourth-order valence-electron chi connectivity index (χ4n) is 4.33. The van der Waals surface area contributed by atoms with Crippen LogP contribution in [0.25, 0.3) is 11.4 Å². The second-order valence-corrected chi connectivity index (χ2v) is 11.0. The smallest absolute Gasteiger partial charge is 0.189 e. The molecule has 7 nitrogen and oxygen atoms in total. The van der Waals surface area contributed by atoms with Crippen LogP contribution < -0.4 is 10.6 Å². The minimum atomic E-state index is -4.13. The summed E-state index contributed by atoms with van der Waals surface area (Å²) in [7, 11) is -4.13. The van der Waals surface area contributed by atoms with E-state index in [1.165, 1.54) is 0 Å². The summed E-state index contributed by atoms with van der Waals surface area (Å²) in [6.45, 7) is 3.63. The third-order valence-electron chi connectivity index (χ3n) is 6.38. The predicted molar refractivity (Wildman–Crippen MR) is 124 cm³/mol. The summed E-state index contributed by atoms with van der Waals surface area (Å²) < 4.78 is 59.2. The molecular weight excluding hydrogens is 462 g/mol. The molecule has 1 saturated heterocycles. The highest BCUT2D eigenvalue weighted by Crippen LogP contribution is 2.55. The van der Waals surface area contributed by atoms with E-state index in [0.29, 0.717) is 67.3 Å². The van der Waals surface area contributed by atoms with Crippen LogP contribution in [0.3, 0.4) is 0 Å². The minimum absolute atomic E-state index is 0.0276. The van der Waals surface area contributed by atoms with E-state index in [1.54, 1.807) is 30.3 Å². The Morgan fingerprint density at radius 1 is 1.06 bits per heavy atom. The molecule has 2 aromatic carbocycles. The lowest BCUT2D eigenvalue weighted by molar-refractivity contribution is 0.0985. The summed E-state index contributed by atoms with van der Waals surface area (Å²) in [5, 5.41) is 0. The Balaban J connectivity index is 1.66. The second kappa shape index (κ2) is 8.28. The van der Waals surface area contributed by atoms with E-state index in [9.17, 15) is 17.2 Å². The van der Waals surface area contributed by atoms with Gasteiger partial charge in [-0.25, -0.2) is 27.2 Å². The highest BCUT2D eigenvalue weighted by molar-refractivity contribution is 7.92. The quantitative estimate of drug-likeness (QED) is 0.549. The van der Waals surface area contributed by atoms with Gasteiger partial charge in [-0.3, -0.25) is 0 Å². The van der Waals surface area contributed by atoms with Gasteiger partial charge in [-0.15, -0.1) is 0 Å². The molecule has 0 radical (unpaired) electrons. The topological polar surface area (TPSA) is 98.4 Å². The predicted octanol–water partition coefficient (Wildman–Crippen LogP) is 3.69. The van der Waals surface area contributed by atoms with Gasteiger partial charge < -0.3 is 15.4 Å². The van der Waals surface area contributed by atoms with E-state index < -0.39 is 31.1 Å². The zero-order valence-electron chi connectivity index (χ0n) is 18.5. The maximum Gasteiger partial charge on any atom is 0.189 e. The first-order valence-electron chi connectivity index (χ1n) is 11.0. The first kappa shape index (κ1) is 22.7. The summed E-state index contributed by atoms with van der Waals surface area (Å²) >= 11 is 0. The Morgan fingerprint density at radius 3 is 2.35 bits per heavy atom. The molecule has 2 fully saturated rings. The number of halogens is 2. The Hall–Kier alpha value is -3.11. The highest BCUT2D eigenvalue weighted by Gasteiger charge is 2.58. The summed E-state index contributed by atoms with van der Waals surface area (Å²) in [6.07, 6.45) is 0.591. The Bertz CT molecular complexity index is 1320. The number of nitrogens with zero attached hydrogens (tertiary/aromatic N) is 3. The molecule has 1 saturated carbocycles. The van der Waals surface area contributed by atoms with Crippen molar-refractivity contribution in [2.75, 3.05) is 30.4 Å². The zero-order chi connectivity index (χ0) is 24.1. The Labute approximate surface area is 196 Å². The molecule has 1 aliphatic heterocycles. The van der Waals surface area contributed by atoms with E-state index in [4.69, 9.17) is 15.5 Å². The van der Waals surface area contributed by atoms with E-state index in [2.05, 4.69) is 9.88 Å². The lowest BCUT2D eigenvalue weighted by Gasteiger charge is -2.34. The molecule has 0 bridgehead atoms. The largest absolute Gasteiger partial charge is 0.399 e. The van der Waals surface area contributed by atoms with Crippen LogP contribution in [0, 0.1) is 11.6 Å². The molecule has 3 aromatic rings. The van der Waals surface area contributed by atoms with E-state index in [-0.39, 0.29) is 6.04 Å². The van der Waals surface area contributed by atoms with Gasteiger partial charge in [0.15, 0.2) is 15.7 Å². The highest BCUT2D eigenvalue weighted by atomic mass is 32.2. The number of nitrogens with two attached hydrogens (primary N) is 1. The van der Waals surface area contributed by atoms with Gasteiger partial charge in [0.25, 0.3) is 0 Å². The minimum Gasteiger partial charge on any atom is -0.399 e. The lowest BCUT2D eigenvalue weighted by Crippen LogP contribution is -2.44. The van der Waals surface area contributed by atoms with Gasteiger partial charge in [-0.2, -0.15) is 0 Å². The number of ether oxygens (including phenoxy) is 1. The first-order valence-corrected chi connectivity index (χ1v) is 12.5. The zero-order valence-corrected chi connectivity index (χ0v) is 19.4. The molecular formula is C24H24F2N4O3S. The van der Waals surface area contributed by atoms with Crippen molar-refractivity contribution in [3.63, 3.8) is 0 Å². The van der Waals surface area contributed by atoms with Crippen molar-refractivity contribution in [2.24, 2.45) is 0 Å². The Kier molecular flexibility index (Phi) is 5.52. The number of benzene rings is 2.